The van der Waals surface area contributed by atoms with E-state index in [1.165, 1.54) is 0 Å². The van der Waals surface area contributed by atoms with Crippen LogP contribution in [0.15, 0.2) is 23.2 Å². The van der Waals surface area contributed by atoms with Crippen molar-refractivity contribution in [2.75, 3.05) is 6.54 Å². The Kier molecular flexibility index (Phi) is 2.55. The monoisotopic (exact) mass is 249 g/mol. The highest BCUT2D eigenvalue weighted by Gasteiger charge is 2.26. The summed E-state index contributed by atoms with van der Waals surface area (Å²) in [6.07, 6.45) is 3.52. The Balaban J connectivity index is 2.28. The van der Waals surface area contributed by atoms with Crippen molar-refractivity contribution in [3.63, 3.8) is 0 Å². The third-order valence-electron chi connectivity index (χ3n) is 3.50. The molecule has 1 aromatic carbocycles. The summed E-state index contributed by atoms with van der Waals surface area (Å²) < 4.78 is 13.9. The fourth-order valence-corrected chi connectivity index (χ4v) is 2.88. The van der Waals surface area contributed by atoms with Gasteiger partial charge in [0.25, 0.3) is 0 Å². The predicted octanol–water partition coefficient (Wildman–Crippen LogP) is 4.22. The maximum Gasteiger partial charge on any atom is 0.131 e. The van der Waals surface area contributed by atoms with E-state index in [1.54, 1.807) is 0 Å². The molecule has 2 aliphatic rings. The first kappa shape index (κ1) is 11.0. The van der Waals surface area contributed by atoms with Crippen LogP contribution in [0.5, 0.6) is 0 Å². The molecule has 3 heteroatoms. The van der Waals surface area contributed by atoms with Gasteiger partial charge >= 0.3 is 0 Å². The SMILES string of the molecule is CC1CN=C(Cl)c2ccc3c(c21)C=CCC3F. The third-order valence-corrected chi connectivity index (χ3v) is 3.83. The first-order valence-corrected chi connectivity index (χ1v) is 6.24. The number of aliphatic imine (C=N–C) groups is 1. The van der Waals surface area contributed by atoms with Crippen LogP contribution in [-0.4, -0.2) is 11.7 Å². The normalized spacial score (nSPS) is 26.2. The molecule has 88 valence electrons. The van der Waals surface area contributed by atoms with E-state index < -0.39 is 6.17 Å². The van der Waals surface area contributed by atoms with E-state index in [0.29, 0.717) is 24.1 Å². The number of nitrogens with zero attached hydrogens (tertiary/aromatic N) is 1. The minimum Gasteiger partial charge on any atom is -0.272 e. The molecule has 0 aromatic heterocycles. The molecule has 3 rings (SSSR count). The molecular weight excluding hydrogens is 237 g/mol. The summed E-state index contributed by atoms with van der Waals surface area (Å²) in [5.74, 6) is 0.303. The highest BCUT2D eigenvalue weighted by molar-refractivity contribution is 6.69. The Morgan fingerprint density at radius 1 is 1.41 bits per heavy atom. The lowest BCUT2D eigenvalue weighted by Crippen LogP contribution is -2.16. The lowest BCUT2D eigenvalue weighted by atomic mass is 9.83. The van der Waals surface area contributed by atoms with Crippen LogP contribution in [0.1, 0.15) is 47.7 Å². The summed E-state index contributed by atoms with van der Waals surface area (Å²) in [7, 11) is 0. The number of alkyl halides is 1. The fraction of sp³-hybridized carbons (Fsp3) is 0.357. The Morgan fingerprint density at radius 2 is 2.24 bits per heavy atom. The standard InChI is InChI=1S/C14H13ClFN/c1-8-7-17-14(15)11-6-5-9-10(13(8)11)3-2-4-12(9)16/h2-3,5-6,8,12H,4,7H2,1H3. The lowest BCUT2D eigenvalue weighted by molar-refractivity contribution is 0.344. The van der Waals surface area contributed by atoms with Gasteiger partial charge in [-0.3, -0.25) is 4.99 Å². The average molecular weight is 250 g/mol. The lowest BCUT2D eigenvalue weighted by Gasteiger charge is -2.26. The maximum absolute atomic E-state index is 13.9. The van der Waals surface area contributed by atoms with Gasteiger partial charge in [0, 0.05) is 24.4 Å². The van der Waals surface area contributed by atoms with Gasteiger partial charge in [-0.25, -0.2) is 4.39 Å². The van der Waals surface area contributed by atoms with Crippen molar-refractivity contribution >= 4 is 22.8 Å². The van der Waals surface area contributed by atoms with Crippen LogP contribution in [0.3, 0.4) is 0 Å². The van der Waals surface area contributed by atoms with Gasteiger partial charge in [-0.2, -0.15) is 0 Å². The molecule has 1 nitrogen and oxygen atoms in total. The van der Waals surface area contributed by atoms with Crippen molar-refractivity contribution in [3.05, 3.63) is 40.5 Å². The average Bonchev–Trinajstić information content (AvgIpc) is 2.33. The van der Waals surface area contributed by atoms with Crippen LogP contribution in [-0.2, 0) is 0 Å². The van der Waals surface area contributed by atoms with Gasteiger partial charge in [0.15, 0.2) is 0 Å². The summed E-state index contributed by atoms with van der Waals surface area (Å²) in [5.41, 5.74) is 3.93. The van der Waals surface area contributed by atoms with Gasteiger partial charge in [-0.1, -0.05) is 42.8 Å². The molecule has 1 aromatic rings. The molecule has 0 saturated heterocycles. The molecule has 0 bridgehead atoms. The van der Waals surface area contributed by atoms with Gasteiger partial charge in [-0.05, 0) is 16.7 Å². The number of hydrogen-bond donors (Lipinski definition) is 0. The molecule has 1 aliphatic heterocycles. The zero-order valence-corrected chi connectivity index (χ0v) is 10.3. The van der Waals surface area contributed by atoms with Crippen molar-refractivity contribution < 1.29 is 4.39 Å². The molecule has 2 atom stereocenters. The molecule has 1 aliphatic carbocycles. The van der Waals surface area contributed by atoms with Crippen molar-refractivity contribution in [1.29, 1.82) is 0 Å². The molecule has 17 heavy (non-hydrogen) atoms. The van der Waals surface area contributed by atoms with E-state index in [2.05, 4.69) is 11.9 Å². The molecule has 2 unspecified atom stereocenters. The molecule has 0 spiro atoms. The number of benzene rings is 1. The van der Waals surface area contributed by atoms with Gasteiger partial charge in [0.2, 0.25) is 0 Å². The highest BCUT2D eigenvalue weighted by Crippen LogP contribution is 2.39. The van der Waals surface area contributed by atoms with Crippen molar-refractivity contribution in [2.24, 2.45) is 4.99 Å². The Morgan fingerprint density at radius 3 is 3.06 bits per heavy atom. The number of fused-ring (bicyclic) bond motifs is 3. The molecular formula is C14H13ClFN. The number of hydrogen-bond acceptors (Lipinski definition) is 1. The molecule has 0 saturated carbocycles. The van der Waals surface area contributed by atoms with Crippen LogP contribution in [0.4, 0.5) is 4.39 Å². The molecule has 0 amide bonds. The fourth-order valence-electron chi connectivity index (χ4n) is 2.65. The summed E-state index contributed by atoms with van der Waals surface area (Å²) in [5, 5.41) is 0.551. The van der Waals surface area contributed by atoms with Gasteiger partial charge in [-0.15, -0.1) is 0 Å². The second-order valence-corrected chi connectivity index (χ2v) is 5.03. The maximum atomic E-state index is 13.9. The molecule has 0 N–H and O–H groups in total. The topological polar surface area (TPSA) is 12.4 Å². The van der Waals surface area contributed by atoms with E-state index in [-0.39, 0.29) is 0 Å². The summed E-state index contributed by atoms with van der Waals surface area (Å²) in [4.78, 5) is 4.28. The zero-order valence-electron chi connectivity index (χ0n) is 9.58. The quantitative estimate of drug-likeness (QED) is 0.653. The highest BCUT2D eigenvalue weighted by atomic mass is 35.5. The van der Waals surface area contributed by atoms with E-state index in [9.17, 15) is 4.39 Å². The molecule has 0 fully saturated rings. The first-order valence-electron chi connectivity index (χ1n) is 5.86. The zero-order chi connectivity index (χ0) is 12.0. The van der Waals surface area contributed by atoms with E-state index in [0.717, 1.165) is 22.3 Å². The first-order chi connectivity index (χ1) is 8.18. The van der Waals surface area contributed by atoms with Crippen LogP contribution in [0.2, 0.25) is 0 Å². The third kappa shape index (κ3) is 1.62. The second kappa shape index (κ2) is 3.95. The molecule has 1 heterocycles. The predicted molar refractivity (Wildman–Crippen MR) is 69.6 cm³/mol. The van der Waals surface area contributed by atoms with E-state index in [4.69, 9.17) is 11.6 Å². The minimum absolute atomic E-state index is 0.303. The van der Waals surface area contributed by atoms with Crippen molar-refractivity contribution in [2.45, 2.75) is 25.4 Å². The van der Waals surface area contributed by atoms with Crippen molar-refractivity contribution in [1.82, 2.24) is 0 Å². The number of allylic oxidation sites excluding steroid dienone is 1. The largest absolute Gasteiger partial charge is 0.272 e. The summed E-state index contributed by atoms with van der Waals surface area (Å²) in [6.45, 7) is 2.80. The van der Waals surface area contributed by atoms with Gasteiger partial charge in [0.1, 0.15) is 11.3 Å². The Labute approximate surface area is 105 Å². The summed E-state index contributed by atoms with van der Waals surface area (Å²) in [6, 6.07) is 3.75. The number of rotatable bonds is 0. The smallest absolute Gasteiger partial charge is 0.131 e. The Hall–Kier alpha value is -1.15. The van der Waals surface area contributed by atoms with Gasteiger partial charge < -0.3 is 0 Å². The number of halogens is 2. The van der Waals surface area contributed by atoms with Gasteiger partial charge in [0.05, 0.1) is 0 Å². The second-order valence-electron chi connectivity index (χ2n) is 4.67. The van der Waals surface area contributed by atoms with Crippen LogP contribution in [0.25, 0.3) is 6.08 Å². The van der Waals surface area contributed by atoms with E-state index in [1.807, 2.05) is 24.3 Å². The Bertz CT molecular complexity index is 533. The van der Waals surface area contributed by atoms with Crippen molar-refractivity contribution in [3.8, 4) is 0 Å². The summed E-state index contributed by atoms with van der Waals surface area (Å²) >= 11 is 6.12. The van der Waals surface area contributed by atoms with Crippen LogP contribution in [0, 0.1) is 0 Å². The van der Waals surface area contributed by atoms with Crippen LogP contribution >= 0.6 is 11.6 Å². The minimum atomic E-state index is -0.884. The molecule has 0 radical (unpaired) electrons. The van der Waals surface area contributed by atoms with Crippen LogP contribution < -0.4 is 0 Å². The van der Waals surface area contributed by atoms with E-state index >= 15 is 0 Å².